The highest BCUT2D eigenvalue weighted by Gasteiger charge is 2.46. The molecule has 0 spiro atoms. The van der Waals surface area contributed by atoms with Crippen LogP contribution in [0.4, 0.5) is 0 Å². The van der Waals surface area contributed by atoms with Gasteiger partial charge in [-0.25, -0.2) is 0 Å². The summed E-state index contributed by atoms with van der Waals surface area (Å²) in [5.41, 5.74) is 6.08. The number of benzene rings is 3. The summed E-state index contributed by atoms with van der Waals surface area (Å²) in [6.07, 6.45) is 4.29. The number of hydrogen-bond acceptors (Lipinski definition) is 4. The minimum atomic E-state index is -1.29. The molecule has 1 unspecified atom stereocenters. The van der Waals surface area contributed by atoms with Gasteiger partial charge in [0.25, 0.3) is 0 Å². The number of fused-ring (bicyclic) bond motifs is 8. The molecule has 0 saturated carbocycles. The van der Waals surface area contributed by atoms with Crippen LogP contribution in [0.1, 0.15) is 41.2 Å². The van der Waals surface area contributed by atoms with Crippen LogP contribution in [-0.4, -0.2) is 25.3 Å². The predicted molar refractivity (Wildman–Crippen MR) is 119 cm³/mol. The average molecular weight is 402 g/mol. The number of rotatable bonds is 3. The largest absolute Gasteiger partial charge is 0.435 e. The third-order valence-electron chi connectivity index (χ3n) is 6.54. The summed E-state index contributed by atoms with van der Waals surface area (Å²) in [5, 5.41) is 14.0. The van der Waals surface area contributed by atoms with Crippen molar-refractivity contribution in [1.29, 1.82) is 0 Å². The van der Waals surface area contributed by atoms with Gasteiger partial charge in [0, 0.05) is 36.8 Å². The summed E-state index contributed by atoms with van der Waals surface area (Å²) in [7, 11) is 3.11. The summed E-state index contributed by atoms with van der Waals surface area (Å²) in [5.74, 6) is -0.611. The van der Waals surface area contributed by atoms with E-state index in [0.29, 0.717) is 12.2 Å². The molecule has 1 heterocycles. The minimum Gasteiger partial charge on any atom is -0.435 e. The lowest BCUT2D eigenvalue weighted by molar-refractivity contribution is -0.287. The van der Waals surface area contributed by atoms with Crippen LogP contribution in [0.25, 0.3) is 28.0 Å². The molecular formula is C26H26O4. The van der Waals surface area contributed by atoms with Crippen molar-refractivity contribution < 1.29 is 19.3 Å². The van der Waals surface area contributed by atoms with Crippen LogP contribution in [0, 0.1) is 13.8 Å². The first-order valence-electron chi connectivity index (χ1n) is 10.3. The highest BCUT2D eigenvalue weighted by Crippen LogP contribution is 2.57. The van der Waals surface area contributed by atoms with E-state index >= 15 is 0 Å². The van der Waals surface area contributed by atoms with Gasteiger partial charge in [0.05, 0.1) is 0 Å². The fourth-order valence-corrected chi connectivity index (χ4v) is 4.95. The Kier molecular flexibility index (Phi) is 4.13. The van der Waals surface area contributed by atoms with E-state index in [9.17, 15) is 5.11 Å². The van der Waals surface area contributed by atoms with Gasteiger partial charge >= 0.3 is 5.97 Å². The molecule has 1 N–H and O–H groups in total. The highest BCUT2D eigenvalue weighted by atomic mass is 16.9. The van der Waals surface area contributed by atoms with E-state index in [0.717, 1.165) is 49.7 Å². The van der Waals surface area contributed by atoms with Gasteiger partial charge in [0.2, 0.25) is 0 Å². The summed E-state index contributed by atoms with van der Waals surface area (Å²) < 4.78 is 17.4. The zero-order valence-electron chi connectivity index (χ0n) is 18.0. The van der Waals surface area contributed by atoms with Crippen LogP contribution in [0.15, 0.2) is 42.5 Å². The fraction of sp³-hybridized carbons (Fsp3) is 0.308. The fourth-order valence-electron chi connectivity index (χ4n) is 4.95. The van der Waals surface area contributed by atoms with Crippen molar-refractivity contribution in [3.63, 3.8) is 0 Å². The third-order valence-corrected chi connectivity index (χ3v) is 6.54. The summed E-state index contributed by atoms with van der Waals surface area (Å²) in [4.78, 5) is 0. The molecule has 4 nitrogen and oxygen atoms in total. The Bertz CT molecular complexity index is 1220. The first-order valence-corrected chi connectivity index (χ1v) is 10.3. The molecule has 30 heavy (non-hydrogen) atoms. The predicted octanol–water partition coefficient (Wildman–Crippen LogP) is 5.44. The van der Waals surface area contributed by atoms with Crippen LogP contribution in [0.5, 0.6) is 5.75 Å². The van der Waals surface area contributed by atoms with E-state index in [1.54, 1.807) is 20.3 Å². The number of methoxy groups -OCH3 is 2. The maximum atomic E-state index is 12.0. The maximum Gasteiger partial charge on any atom is 0.348 e. The lowest BCUT2D eigenvalue weighted by Crippen LogP contribution is -2.40. The van der Waals surface area contributed by atoms with E-state index in [1.807, 2.05) is 13.0 Å². The SMILES string of the molecule is CCC1(O)c2cc(C)ccc2-c2c1c1c(c3cc(C)ccc23)OC(OC)(OC)C=C1. The first kappa shape index (κ1) is 19.3. The normalized spacial score (nSPS) is 20.6. The molecule has 0 amide bonds. The van der Waals surface area contributed by atoms with Crippen molar-refractivity contribution in [3.05, 3.63) is 70.3 Å². The summed E-state index contributed by atoms with van der Waals surface area (Å²) in [6.45, 7) is 6.15. The van der Waals surface area contributed by atoms with Gasteiger partial charge in [-0.05, 0) is 54.5 Å². The average Bonchev–Trinajstić information content (AvgIpc) is 3.02. The molecule has 2 aliphatic rings. The van der Waals surface area contributed by atoms with Crippen LogP contribution in [0.3, 0.4) is 0 Å². The van der Waals surface area contributed by atoms with Crippen LogP contribution >= 0.6 is 0 Å². The standard InChI is InChI=1S/C26H26O4/c1-6-25(27)21-14-16(3)8-10-18(21)22-17-9-7-15(2)13-20(17)24-19(23(22)25)11-12-26(28-4,29-5)30-24/h7-14,27H,6H2,1-5H3. The number of hydrogen-bond donors (Lipinski definition) is 1. The second-order valence-corrected chi connectivity index (χ2v) is 8.25. The topological polar surface area (TPSA) is 47.9 Å². The van der Waals surface area contributed by atoms with Crippen LogP contribution in [0.2, 0.25) is 0 Å². The molecule has 3 aromatic rings. The number of ether oxygens (including phenoxy) is 3. The Morgan fingerprint density at radius 2 is 1.67 bits per heavy atom. The molecule has 0 bridgehead atoms. The van der Waals surface area contributed by atoms with E-state index in [-0.39, 0.29) is 0 Å². The Morgan fingerprint density at radius 1 is 0.967 bits per heavy atom. The highest BCUT2D eigenvalue weighted by molar-refractivity contribution is 6.08. The lowest BCUT2D eigenvalue weighted by Gasteiger charge is -2.35. The molecule has 1 atom stereocenters. The smallest absolute Gasteiger partial charge is 0.348 e. The van der Waals surface area contributed by atoms with Gasteiger partial charge in [-0.2, -0.15) is 0 Å². The first-order chi connectivity index (χ1) is 14.4. The minimum absolute atomic E-state index is 0.563. The molecule has 4 heteroatoms. The van der Waals surface area contributed by atoms with Crippen molar-refractivity contribution >= 4 is 16.8 Å². The molecule has 0 saturated heterocycles. The maximum absolute atomic E-state index is 12.0. The molecule has 3 aromatic carbocycles. The van der Waals surface area contributed by atoms with Crippen LogP contribution in [-0.2, 0) is 15.1 Å². The van der Waals surface area contributed by atoms with Gasteiger partial charge in [-0.3, -0.25) is 0 Å². The second-order valence-electron chi connectivity index (χ2n) is 8.25. The third kappa shape index (κ3) is 2.38. The van der Waals surface area contributed by atoms with E-state index in [2.05, 4.69) is 50.2 Å². The molecule has 0 radical (unpaired) electrons. The molecule has 0 fully saturated rings. The Hall–Kier alpha value is -2.66. The Labute approximate surface area is 176 Å². The van der Waals surface area contributed by atoms with Crippen molar-refractivity contribution in [1.82, 2.24) is 0 Å². The van der Waals surface area contributed by atoms with Crippen LogP contribution < -0.4 is 4.74 Å². The van der Waals surface area contributed by atoms with Crippen molar-refractivity contribution in [2.75, 3.05) is 14.2 Å². The van der Waals surface area contributed by atoms with Crippen molar-refractivity contribution in [2.24, 2.45) is 0 Å². The second kappa shape index (κ2) is 6.42. The quantitative estimate of drug-likeness (QED) is 0.593. The molecule has 5 rings (SSSR count). The van der Waals surface area contributed by atoms with Gasteiger partial charge in [0.1, 0.15) is 11.4 Å². The van der Waals surface area contributed by atoms with E-state index in [1.165, 1.54) is 0 Å². The van der Waals surface area contributed by atoms with E-state index < -0.39 is 11.6 Å². The van der Waals surface area contributed by atoms with Gasteiger partial charge in [0.15, 0.2) is 0 Å². The summed E-state index contributed by atoms with van der Waals surface area (Å²) >= 11 is 0. The zero-order chi connectivity index (χ0) is 21.3. The molecular weight excluding hydrogens is 376 g/mol. The lowest BCUT2D eigenvalue weighted by atomic mass is 9.83. The van der Waals surface area contributed by atoms with Crippen molar-refractivity contribution in [2.45, 2.75) is 38.8 Å². The molecule has 0 aromatic heterocycles. The van der Waals surface area contributed by atoms with E-state index in [4.69, 9.17) is 14.2 Å². The number of aliphatic hydroxyl groups is 1. The molecule has 1 aliphatic heterocycles. The van der Waals surface area contributed by atoms with Gasteiger partial charge < -0.3 is 19.3 Å². The Morgan fingerprint density at radius 3 is 2.37 bits per heavy atom. The number of aryl methyl sites for hydroxylation is 2. The summed E-state index contributed by atoms with van der Waals surface area (Å²) in [6, 6.07) is 12.7. The van der Waals surface area contributed by atoms with Gasteiger partial charge in [-0.1, -0.05) is 48.4 Å². The van der Waals surface area contributed by atoms with Gasteiger partial charge in [-0.15, -0.1) is 0 Å². The van der Waals surface area contributed by atoms with Crippen molar-refractivity contribution in [3.8, 4) is 16.9 Å². The molecule has 154 valence electrons. The zero-order valence-corrected chi connectivity index (χ0v) is 18.0. The Balaban J connectivity index is 1.96. The molecule has 1 aliphatic carbocycles. The monoisotopic (exact) mass is 402 g/mol.